The first kappa shape index (κ1) is 19.0. The second-order valence-corrected chi connectivity index (χ2v) is 9.86. The maximum absolute atomic E-state index is 12.9. The van der Waals surface area contributed by atoms with E-state index in [-0.39, 0.29) is 0 Å². The van der Waals surface area contributed by atoms with Crippen molar-refractivity contribution in [3.05, 3.63) is 36.4 Å². The van der Waals surface area contributed by atoms with E-state index in [4.69, 9.17) is 12.2 Å². The van der Waals surface area contributed by atoms with Gasteiger partial charge < -0.3 is 9.80 Å². The Morgan fingerprint density at radius 2 is 1.62 bits per heavy atom. The third-order valence-corrected chi connectivity index (χ3v) is 7.82. The van der Waals surface area contributed by atoms with Gasteiger partial charge in [0.05, 0.1) is 4.90 Å². The molecule has 0 saturated carbocycles. The Morgan fingerprint density at radius 3 is 2.21 bits per heavy atom. The molecule has 0 radical (unpaired) electrons. The molecular formula is C17H22N2O2S3. The lowest BCUT2D eigenvalue weighted by molar-refractivity contribution is 0.482. The summed E-state index contributed by atoms with van der Waals surface area (Å²) >= 11 is 5.31. The molecule has 2 rings (SSSR count). The lowest BCUT2D eigenvalue weighted by Gasteiger charge is -2.21. The second-order valence-electron chi connectivity index (χ2n) is 5.50. The van der Waals surface area contributed by atoms with Crippen LogP contribution in [0.4, 0.5) is 5.69 Å². The summed E-state index contributed by atoms with van der Waals surface area (Å²) in [5.74, 6) is 0. The smallest absolute Gasteiger partial charge is 0.237 e. The Labute approximate surface area is 153 Å². The zero-order chi connectivity index (χ0) is 17.9. The number of hydrogen-bond donors (Lipinski definition) is 0. The minimum atomic E-state index is -3.58. The van der Waals surface area contributed by atoms with Crippen LogP contribution in [0.5, 0.6) is 0 Å². The highest BCUT2D eigenvalue weighted by Crippen LogP contribution is 2.35. The van der Waals surface area contributed by atoms with Crippen molar-refractivity contribution in [3.63, 3.8) is 0 Å². The Bertz CT molecular complexity index is 844. The van der Waals surface area contributed by atoms with Crippen LogP contribution in [0.25, 0.3) is 10.8 Å². The van der Waals surface area contributed by atoms with Gasteiger partial charge in [-0.15, -0.1) is 0 Å². The second kappa shape index (κ2) is 7.72. The molecule has 0 spiro atoms. The monoisotopic (exact) mass is 382 g/mol. The van der Waals surface area contributed by atoms with Crippen molar-refractivity contribution in [1.29, 1.82) is 0 Å². The van der Waals surface area contributed by atoms with E-state index in [9.17, 15) is 8.42 Å². The molecule has 4 nitrogen and oxygen atoms in total. The lowest BCUT2D eigenvalue weighted by atomic mass is 10.1. The molecule has 130 valence electrons. The van der Waals surface area contributed by atoms with E-state index in [2.05, 4.69) is 0 Å². The highest BCUT2D eigenvalue weighted by Gasteiger charge is 2.23. The highest BCUT2D eigenvalue weighted by molar-refractivity contribution is 8.79. The summed E-state index contributed by atoms with van der Waals surface area (Å²) in [6.07, 6.45) is 0. The van der Waals surface area contributed by atoms with E-state index in [1.807, 2.05) is 62.0 Å². The molecule has 0 aliphatic rings. The fraction of sp³-hybridized carbons (Fsp3) is 0.353. The maximum atomic E-state index is 12.9. The molecule has 0 aliphatic carbocycles. The largest absolute Gasteiger partial charge is 0.377 e. The Hall–Kier alpha value is -1.31. The Morgan fingerprint density at radius 1 is 1.04 bits per heavy atom. The normalized spacial score (nSPS) is 11.5. The molecule has 2 aromatic rings. The quantitative estimate of drug-likeness (QED) is 0.576. The van der Waals surface area contributed by atoms with Gasteiger partial charge in [0, 0.05) is 54.4 Å². The van der Waals surface area contributed by atoms with Crippen LogP contribution in [0.1, 0.15) is 13.8 Å². The third kappa shape index (κ3) is 3.84. The molecule has 0 unspecified atom stereocenters. The van der Waals surface area contributed by atoms with Gasteiger partial charge in [0.25, 0.3) is 0 Å². The van der Waals surface area contributed by atoms with Crippen molar-refractivity contribution >= 4 is 52.7 Å². The number of nitrogens with zero attached hydrogens (tertiary/aromatic N) is 2. The van der Waals surface area contributed by atoms with E-state index in [1.54, 1.807) is 12.1 Å². The van der Waals surface area contributed by atoms with E-state index in [0.29, 0.717) is 22.3 Å². The van der Waals surface area contributed by atoms with E-state index >= 15 is 0 Å². The van der Waals surface area contributed by atoms with Crippen LogP contribution in [0, 0.1) is 0 Å². The number of hydrogen-bond acceptors (Lipinski definition) is 5. The zero-order valence-electron chi connectivity index (χ0n) is 14.3. The minimum Gasteiger partial charge on any atom is -0.377 e. The summed E-state index contributed by atoms with van der Waals surface area (Å²) < 4.78 is 26.2. The fourth-order valence-corrected chi connectivity index (χ4v) is 6.53. The number of benzene rings is 2. The Balaban J connectivity index is 2.52. The van der Waals surface area contributed by atoms with Crippen LogP contribution in [0.2, 0.25) is 0 Å². The molecule has 0 saturated heterocycles. The van der Waals surface area contributed by atoms with Gasteiger partial charge in [0.15, 0.2) is 4.32 Å². The molecule has 0 N–H and O–H groups in total. The van der Waals surface area contributed by atoms with Crippen molar-refractivity contribution in [2.24, 2.45) is 0 Å². The average molecular weight is 383 g/mol. The number of fused-ring (bicyclic) bond motifs is 1. The summed E-state index contributed by atoms with van der Waals surface area (Å²) in [5, 5.41) is 1.64. The van der Waals surface area contributed by atoms with Crippen molar-refractivity contribution in [2.75, 3.05) is 32.1 Å². The molecular weight excluding hydrogens is 360 g/mol. The van der Waals surface area contributed by atoms with Gasteiger partial charge in [0.1, 0.15) is 0 Å². The van der Waals surface area contributed by atoms with Crippen LogP contribution < -0.4 is 4.90 Å². The SMILES string of the molecule is CCN(CC)C(=S)SS(=O)(=O)c1cccc2c(N(C)C)cccc12. The van der Waals surface area contributed by atoms with Gasteiger partial charge in [-0.2, -0.15) is 0 Å². The van der Waals surface area contributed by atoms with Crippen molar-refractivity contribution in [2.45, 2.75) is 18.7 Å². The van der Waals surface area contributed by atoms with Gasteiger partial charge in [0.2, 0.25) is 8.87 Å². The molecule has 0 heterocycles. The molecule has 0 aromatic heterocycles. The van der Waals surface area contributed by atoms with E-state index < -0.39 is 8.87 Å². The predicted octanol–water partition coefficient (Wildman–Crippen LogP) is 3.95. The van der Waals surface area contributed by atoms with Gasteiger partial charge in [-0.1, -0.05) is 36.5 Å². The summed E-state index contributed by atoms with van der Waals surface area (Å²) in [6.45, 7) is 5.31. The Kier molecular flexibility index (Phi) is 6.11. The first-order valence-corrected chi connectivity index (χ1v) is 11.0. The summed E-state index contributed by atoms with van der Waals surface area (Å²) in [5.41, 5.74) is 0.987. The molecule has 2 aromatic carbocycles. The van der Waals surface area contributed by atoms with E-state index in [1.165, 1.54) is 0 Å². The topological polar surface area (TPSA) is 40.6 Å². The van der Waals surface area contributed by atoms with Crippen LogP contribution in [0.3, 0.4) is 0 Å². The number of rotatable bonds is 5. The van der Waals surface area contributed by atoms with Gasteiger partial charge >= 0.3 is 0 Å². The lowest BCUT2D eigenvalue weighted by Crippen LogP contribution is -2.27. The summed E-state index contributed by atoms with van der Waals surface area (Å²) in [4.78, 5) is 4.16. The van der Waals surface area contributed by atoms with Crippen LogP contribution in [0.15, 0.2) is 41.3 Å². The van der Waals surface area contributed by atoms with Gasteiger partial charge in [-0.25, -0.2) is 8.42 Å². The third-order valence-electron chi connectivity index (χ3n) is 3.81. The highest BCUT2D eigenvalue weighted by atomic mass is 33.1. The molecule has 0 aliphatic heterocycles. The maximum Gasteiger partial charge on any atom is 0.237 e. The molecule has 0 amide bonds. The number of anilines is 1. The van der Waals surface area contributed by atoms with Crippen LogP contribution >= 0.6 is 23.0 Å². The average Bonchev–Trinajstić information content (AvgIpc) is 2.54. The van der Waals surface area contributed by atoms with Gasteiger partial charge in [-0.3, -0.25) is 0 Å². The van der Waals surface area contributed by atoms with Gasteiger partial charge in [-0.05, 0) is 26.0 Å². The van der Waals surface area contributed by atoms with Crippen LogP contribution in [-0.2, 0) is 8.87 Å². The number of thiocarbonyl (C=S) groups is 1. The molecule has 24 heavy (non-hydrogen) atoms. The molecule has 0 atom stereocenters. The minimum absolute atomic E-state index is 0.309. The summed E-state index contributed by atoms with van der Waals surface area (Å²) in [6, 6.07) is 11.1. The predicted molar refractivity (Wildman–Crippen MR) is 109 cm³/mol. The first-order valence-electron chi connectivity index (χ1n) is 7.74. The molecule has 7 heteroatoms. The van der Waals surface area contributed by atoms with Crippen LogP contribution in [-0.4, -0.2) is 44.8 Å². The first-order chi connectivity index (χ1) is 11.3. The molecule has 0 fully saturated rings. The van der Waals surface area contributed by atoms with E-state index in [0.717, 1.165) is 27.3 Å². The van der Waals surface area contributed by atoms with Crippen molar-refractivity contribution in [1.82, 2.24) is 4.90 Å². The van der Waals surface area contributed by atoms with Crippen molar-refractivity contribution < 1.29 is 8.42 Å². The summed E-state index contributed by atoms with van der Waals surface area (Å²) in [7, 11) is 1.07. The standard InChI is InChI=1S/C17H22N2O2S3/c1-5-19(6-2)17(22)23-24(20,21)16-12-8-9-13-14(16)10-7-11-15(13)18(3)4/h7-12H,5-6H2,1-4H3. The van der Waals surface area contributed by atoms with Crippen molar-refractivity contribution in [3.8, 4) is 0 Å². The zero-order valence-corrected chi connectivity index (χ0v) is 16.8. The molecule has 0 bridgehead atoms. The fourth-order valence-electron chi connectivity index (χ4n) is 2.55.